The molecule has 1 fully saturated rings. The molecule has 1 spiro atoms. The highest BCUT2D eigenvalue weighted by molar-refractivity contribution is 5.83. The lowest BCUT2D eigenvalue weighted by Crippen LogP contribution is -2.42. The Bertz CT molecular complexity index is 1070. The fourth-order valence-electron chi connectivity index (χ4n) is 6.25. The summed E-state index contributed by atoms with van der Waals surface area (Å²) in [7, 11) is 0. The van der Waals surface area contributed by atoms with E-state index in [2.05, 4.69) is 70.9 Å². The molecule has 0 amide bonds. The smallest absolute Gasteiger partial charge is 0.117 e. The molecule has 1 saturated carbocycles. The van der Waals surface area contributed by atoms with E-state index in [4.69, 9.17) is 0 Å². The van der Waals surface area contributed by atoms with Crippen LogP contribution in [0.3, 0.4) is 0 Å². The van der Waals surface area contributed by atoms with Crippen LogP contribution in [0.5, 0.6) is 0 Å². The number of benzene rings is 2. The van der Waals surface area contributed by atoms with Crippen LogP contribution in [0, 0.1) is 6.92 Å². The first-order valence-electron chi connectivity index (χ1n) is 10.7. The third kappa shape index (κ3) is 1.97. The van der Waals surface area contributed by atoms with Gasteiger partial charge in [-0.05, 0) is 49.4 Å². The minimum atomic E-state index is 0.292. The molecule has 3 heteroatoms. The highest BCUT2D eigenvalue weighted by atomic mass is 15.2. The summed E-state index contributed by atoms with van der Waals surface area (Å²) in [4.78, 5) is 7.27. The Balaban J connectivity index is 1.61. The van der Waals surface area contributed by atoms with Gasteiger partial charge < -0.3 is 9.47 Å². The van der Waals surface area contributed by atoms with Crippen molar-refractivity contribution in [2.45, 2.75) is 63.8 Å². The molecule has 2 aliphatic heterocycles. The number of aromatic nitrogens is 2. The molecule has 0 radical (unpaired) electrons. The second kappa shape index (κ2) is 5.73. The molecule has 1 atom stereocenters. The molecule has 0 saturated heterocycles. The monoisotopic (exact) mass is 369 g/mol. The van der Waals surface area contributed by atoms with Crippen molar-refractivity contribution < 1.29 is 0 Å². The van der Waals surface area contributed by atoms with Gasteiger partial charge in [0.25, 0.3) is 0 Å². The molecule has 3 aromatic rings. The molecule has 3 aliphatic rings. The molecule has 3 nitrogen and oxygen atoms in total. The van der Waals surface area contributed by atoms with E-state index < -0.39 is 0 Å². The van der Waals surface area contributed by atoms with Gasteiger partial charge >= 0.3 is 0 Å². The van der Waals surface area contributed by atoms with E-state index in [-0.39, 0.29) is 0 Å². The van der Waals surface area contributed by atoms with Crippen LogP contribution in [-0.4, -0.2) is 15.6 Å². The van der Waals surface area contributed by atoms with Crippen molar-refractivity contribution in [1.82, 2.24) is 9.55 Å². The van der Waals surface area contributed by atoms with Crippen molar-refractivity contribution in [2.75, 3.05) is 4.90 Å². The lowest BCUT2D eigenvalue weighted by atomic mass is 9.67. The van der Waals surface area contributed by atoms with Gasteiger partial charge in [0.05, 0.1) is 11.4 Å². The largest absolute Gasteiger partial charge is 0.336 e. The number of anilines is 2. The summed E-state index contributed by atoms with van der Waals surface area (Å²) in [6, 6.07) is 14.3. The van der Waals surface area contributed by atoms with Gasteiger partial charge in [-0.1, -0.05) is 49.6 Å². The van der Waals surface area contributed by atoms with E-state index in [0.29, 0.717) is 11.5 Å². The third-order valence-electron chi connectivity index (χ3n) is 7.62. The zero-order chi connectivity index (χ0) is 18.9. The Morgan fingerprint density at radius 1 is 1.00 bits per heavy atom. The fraction of sp³-hybridized carbons (Fsp3) is 0.400. The van der Waals surface area contributed by atoms with Gasteiger partial charge in [0, 0.05) is 36.0 Å². The maximum atomic E-state index is 4.60. The molecule has 3 heterocycles. The summed E-state index contributed by atoms with van der Waals surface area (Å²) >= 11 is 0. The maximum Gasteiger partial charge on any atom is 0.117 e. The first-order chi connectivity index (χ1) is 13.7. The lowest BCUT2D eigenvalue weighted by molar-refractivity contribution is 0.268. The van der Waals surface area contributed by atoms with E-state index in [1.54, 1.807) is 5.56 Å². The average molecular weight is 370 g/mol. The SMILES string of the molecule is Cc1ccc2c(c1N1c3ccccc3C3(CCCCC3)C1C)-n1ccnc1C2. The summed E-state index contributed by atoms with van der Waals surface area (Å²) < 4.78 is 2.32. The number of para-hydroxylation sites is 1. The Hall–Kier alpha value is -2.55. The number of aryl methyl sites for hydroxylation is 1. The Morgan fingerprint density at radius 3 is 2.68 bits per heavy atom. The highest BCUT2D eigenvalue weighted by Gasteiger charge is 2.50. The van der Waals surface area contributed by atoms with Crippen LogP contribution in [0.25, 0.3) is 5.69 Å². The van der Waals surface area contributed by atoms with Crippen LogP contribution < -0.4 is 4.90 Å². The Morgan fingerprint density at radius 2 is 1.82 bits per heavy atom. The molecule has 0 N–H and O–H groups in total. The molecular weight excluding hydrogens is 342 g/mol. The van der Waals surface area contributed by atoms with Crippen LogP contribution in [0.4, 0.5) is 11.4 Å². The molecule has 2 aromatic carbocycles. The Labute approximate surface area is 167 Å². The van der Waals surface area contributed by atoms with Gasteiger partial charge in [0.1, 0.15) is 5.82 Å². The van der Waals surface area contributed by atoms with Crippen LogP contribution in [0.1, 0.15) is 61.5 Å². The van der Waals surface area contributed by atoms with E-state index in [0.717, 1.165) is 12.2 Å². The molecule has 1 aliphatic carbocycles. The number of fused-ring (bicyclic) bond motifs is 5. The number of hydrogen-bond acceptors (Lipinski definition) is 2. The third-order valence-corrected chi connectivity index (χ3v) is 7.62. The van der Waals surface area contributed by atoms with Crippen LogP contribution in [0.2, 0.25) is 0 Å². The molecule has 1 aromatic heterocycles. The standard InChI is InChI=1S/C25H27N3/c1-17-10-11-19-16-22-26-14-15-27(22)24(19)23(17)28-18(2)25(12-6-3-7-13-25)20-8-4-5-9-21(20)28/h4-5,8-11,14-15,18H,3,6-7,12-13,16H2,1-2H3. The lowest BCUT2D eigenvalue weighted by Gasteiger charge is -2.41. The quantitative estimate of drug-likeness (QED) is 0.421. The number of rotatable bonds is 1. The van der Waals surface area contributed by atoms with E-state index in [9.17, 15) is 0 Å². The molecule has 142 valence electrons. The molecule has 0 bridgehead atoms. The van der Waals surface area contributed by atoms with Crippen molar-refractivity contribution in [3.8, 4) is 5.69 Å². The summed E-state index contributed by atoms with van der Waals surface area (Å²) in [5, 5.41) is 0. The second-order valence-corrected chi connectivity index (χ2v) is 8.91. The van der Waals surface area contributed by atoms with E-state index in [1.807, 2.05) is 6.20 Å². The minimum Gasteiger partial charge on any atom is -0.336 e. The van der Waals surface area contributed by atoms with Gasteiger partial charge in [-0.15, -0.1) is 0 Å². The van der Waals surface area contributed by atoms with E-state index in [1.165, 1.54) is 60.3 Å². The Kier molecular flexibility index (Phi) is 3.36. The van der Waals surface area contributed by atoms with Crippen molar-refractivity contribution >= 4 is 11.4 Å². The van der Waals surface area contributed by atoms with Crippen molar-refractivity contribution in [3.05, 3.63) is 71.3 Å². The maximum absolute atomic E-state index is 4.60. The zero-order valence-electron chi connectivity index (χ0n) is 16.8. The number of imidazole rings is 1. The minimum absolute atomic E-state index is 0.292. The van der Waals surface area contributed by atoms with Crippen molar-refractivity contribution in [2.24, 2.45) is 0 Å². The van der Waals surface area contributed by atoms with Crippen LogP contribution >= 0.6 is 0 Å². The van der Waals surface area contributed by atoms with Crippen molar-refractivity contribution in [3.63, 3.8) is 0 Å². The van der Waals surface area contributed by atoms with Gasteiger partial charge in [-0.2, -0.15) is 0 Å². The average Bonchev–Trinajstić information content (AvgIpc) is 3.37. The molecule has 6 rings (SSSR count). The van der Waals surface area contributed by atoms with Gasteiger partial charge in [-0.3, -0.25) is 0 Å². The predicted molar refractivity (Wildman–Crippen MR) is 114 cm³/mol. The van der Waals surface area contributed by atoms with E-state index >= 15 is 0 Å². The highest BCUT2D eigenvalue weighted by Crippen LogP contribution is 2.56. The second-order valence-electron chi connectivity index (χ2n) is 8.91. The van der Waals surface area contributed by atoms with Gasteiger partial charge in [0.2, 0.25) is 0 Å². The topological polar surface area (TPSA) is 21.1 Å². The molecular formula is C25H27N3. The predicted octanol–water partition coefficient (Wildman–Crippen LogP) is 5.83. The first-order valence-corrected chi connectivity index (χ1v) is 10.7. The summed E-state index contributed by atoms with van der Waals surface area (Å²) in [6.07, 6.45) is 11.7. The zero-order valence-corrected chi connectivity index (χ0v) is 16.8. The summed E-state index contributed by atoms with van der Waals surface area (Å²) in [5.41, 5.74) is 8.77. The first kappa shape index (κ1) is 16.4. The summed E-state index contributed by atoms with van der Waals surface area (Å²) in [6.45, 7) is 4.74. The molecule has 1 unspecified atom stereocenters. The van der Waals surface area contributed by atoms with Crippen LogP contribution in [0.15, 0.2) is 48.8 Å². The number of hydrogen-bond donors (Lipinski definition) is 0. The molecule has 28 heavy (non-hydrogen) atoms. The van der Waals surface area contributed by atoms with Gasteiger partial charge in [-0.25, -0.2) is 4.98 Å². The fourth-order valence-corrected chi connectivity index (χ4v) is 6.25. The van der Waals surface area contributed by atoms with Crippen molar-refractivity contribution in [1.29, 1.82) is 0 Å². The summed E-state index contributed by atoms with van der Waals surface area (Å²) in [5.74, 6) is 1.16. The van der Waals surface area contributed by atoms with Gasteiger partial charge in [0.15, 0.2) is 0 Å². The normalized spacial score (nSPS) is 21.6. The van der Waals surface area contributed by atoms with Crippen LogP contribution in [-0.2, 0) is 11.8 Å². The number of nitrogens with zero attached hydrogens (tertiary/aromatic N) is 3.